The summed E-state index contributed by atoms with van der Waals surface area (Å²) in [6, 6.07) is 6.16. The van der Waals surface area contributed by atoms with Crippen molar-refractivity contribution in [1.82, 2.24) is 39.5 Å². The summed E-state index contributed by atoms with van der Waals surface area (Å²) in [4.78, 5) is 47.1. The number of rotatable bonds is 9. The van der Waals surface area contributed by atoms with Gasteiger partial charge in [-0.25, -0.2) is 4.79 Å². The maximum absolute atomic E-state index is 13.9. The van der Waals surface area contributed by atoms with E-state index in [2.05, 4.69) is 30.2 Å². The number of carboxylic acids is 1. The molecule has 2 aliphatic heterocycles. The van der Waals surface area contributed by atoms with Crippen molar-refractivity contribution in [3.8, 4) is 5.75 Å². The molecule has 4 aliphatic rings. The SMILES string of the molecule is CC(c1nc(C2CN(C(=O)c3cnn(Cc4ccc(C(=O)O)c(O)c4)c3)CC23CN(C(=O)[C@H]2CC2(C)C)C3)no1)n1ccc(C2CCCC2)n1. The van der Waals surface area contributed by atoms with Crippen LogP contribution in [-0.4, -0.2) is 93.7 Å². The van der Waals surface area contributed by atoms with Gasteiger partial charge in [-0.05, 0) is 55.4 Å². The van der Waals surface area contributed by atoms with Crippen LogP contribution in [0.1, 0.15) is 114 Å². The third-order valence-electron chi connectivity index (χ3n) is 11.5. The minimum absolute atomic E-state index is 0.0248. The van der Waals surface area contributed by atoms with Gasteiger partial charge in [-0.15, -0.1) is 0 Å². The Kier molecular flexibility index (Phi) is 7.60. The van der Waals surface area contributed by atoms with Crippen molar-refractivity contribution in [3.05, 3.63) is 77.0 Å². The number of aromatic hydroxyl groups is 1. The van der Waals surface area contributed by atoms with E-state index in [1.165, 1.54) is 44.0 Å². The number of nitrogens with zero attached hydrogens (tertiary/aromatic N) is 8. The van der Waals surface area contributed by atoms with Crippen molar-refractivity contribution in [3.63, 3.8) is 0 Å². The van der Waals surface area contributed by atoms with Crippen LogP contribution in [0.25, 0.3) is 0 Å². The highest BCUT2D eigenvalue weighted by Crippen LogP contribution is 2.55. The smallest absolute Gasteiger partial charge is 0.339 e. The topological polar surface area (TPSA) is 173 Å². The molecule has 3 aromatic heterocycles. The summed E-state index contributed by atoms with van der Waals surface area (Å²) in [7, 11) is 0. The maximum atomic E-state index is 13.9. The monoisotopic (exact) mass is 682 g/mol. The number of phenols is 1. The van der Waals surface area contributed by atoms with Gasteiger partial charge in [-0.1, -0.05) is 37.9 Å². The lowest BCUT2D eigenvalue weighted by Gasteiger charge is -2.50. The number of likely N-dealkylation sites (tertiary alicyclic amines) is 2. The molecule has 0 bridgehead atoms. The highest BCUT2D eigenvalue weighted by atomic mass is 16.5. The normalized spacial score (nSPS) is 22.9. The van der Waals surface area contributed by atoms with Crippen molar-refractivity contribution in [2.45, 2.75) is 77.3 Å². The number of carbonyl (C=O) groups excluding carboxylic acids is 2. The van der Waals surface area contributed by atoms with Crippen LogP contribution in [0.15, 0.2) is 47.4 Å². The summed E-state index contributed by atoms with van der Waals surface area (Å²) in [6.07, 6.45) is 10.8. The Morgan fingerprint density at radius 3 is 2.52 bits per heavy atom. The fourth-order valence-electron chi connectivity index (χ4n) is 8.24. The quantitative estimate of drug-likeness (QED) is 0.259. The van der Waals surface area contributed by atoms with Crippen LogP contribution in [0.4, 0.5) is 0 Å². The molecule has 4 fully saturated rings. The van der Waals surface area contributed by atoms with Crippen LogP contribution < -0.4 is 0 Å². The molecule has 14 nitrogen and oxygen atoms in total. The predicted octanol–water partition coefficient (Wildman–Crippen LogP) is 4.30. The van der Waals surface area contributed by atoms with Gasteiger partial charge in [0.25, 0.3) is 11.8 Å². The summed E-state index contributed by atoms with van der Waals surface area (Å²) < 4.78 is 9.30. The van der Waals surface area contributed by atoms with E-state index in [0.29, 0.717) is 54.9 Å². The number of hydrogen-bond acceptors (Lipinski definition) is 9. The Bertz CT molecular complexity index is 1960. The molecule has 262 valence electrons. The Morgan fingerprint density at radius 1 is 1.08 bits per heavy atom. The summed E-state index contributed by atoms with van der Waals surface area (Å²) >= 11 is 0. The van der Waals surface area contributed by atoms with E-state index in [1.807, 2.05) is 22.7 Å². The molecule has 1 aromatic carbocycles. The van der Waals surface area contributed by atoms with Crippen LogP contribution in [0.5, 0.6) is 5.75 Å². The van der Waals surface area contributed by atoms with E-state index in [4.69, 9.17) is 14.6 Å². The van der Waals surface area contributed by atoms with E-state index in [0.717, 1.165) is 12.1 Å². The molecule has 14 heteroatoms. The number of benzene rings is 1. The molecule has 2 unspecified atom stereocenters. The lowest BCUT2D eigenvalue weighted by molar-refractivity contribution is -0.145. The van der Waals surface area contributed by atoms with Gasteiger partial charge < -0.3 is 24.5 Å². The highest BCUT2D eigenvalue weighted by molar-refractivity contribution is 5.94. The third kappa shape index (κ3) is 5.63. The van der Waals surface area contributed by atoms with E-state index in [-0.39, 0.29) is 53.0 Å². The first-order valence-corrected chi connectivity index (χ1v) is 17.4. The Hall–Kier alpha value is -5.01. The average molecular weight is 683 g/mol. The zero-order chi connectivity index (χ0) is 34.9. The minimum atomic E-state index is -1.21. The average Bonchev–Trinajstić information content (AvgIpc) is 3.80. The molecule has 2 N–H and O–H groups in total. The Morgan fingerprint density at radius 2 is 1.82 bits per heavy atom. The van der Waals surface area contributed by atoms with Crippen LogP contribution in [0.2, 0.25) is 0 Å². The van der Waals surface area contributed by atoms with Crippen LogP contribution in [-0.2, 0) is 11.3 Å². The van der Waals surface area contributed by atoms with E-state index < -0.39 is 11.4 Å². The lowest BCUT2D eigenvalue weighted by atomic mass is 9.71. The number of hydrogen-bond donors (Lipinski definition) is 2. The maximum Gasteiger partial charge on any atom is 0.339 e. The Labute approximate surface area is 289 Å². The fraction of sp³-hybridized carbons (Fsp3) is 0.528. The van der Waals surface area contributed by atoms with Gasteiger partial charge in [-0.2, -0.15) is 15.2 Å². The van der Waals surface area contributed by atoms with Crippen LogP contribution >= 0.6 is 0 Å². The molecule has 4 aromatic rings. The second-order valence-electron chi connectivity index (χ2n) is 15.5. The minimum Gasteiger partial charge on any atom is -0.507 e. The summed E-state index contributed by atoms with van der Waals surface area (Å²) in [5.41, 5.74) is 1.58. The van der Waals surface area contributed by atoms with Gasteiger partial charge in [0.05, 0.1) is 29.9 Å². The predicted molar refractivity (Wildman–Crippen MR) is 177 cm³/mol. The van der Waals surface area contributed by atoms with Gasteiger partial charge in [-0.3, -0.25) is 19.0 Å². The molecule has 2 saturated heterocycles. The summed E-state index contributed by atoms with van der Waals surface area (Å²) in [6.45, 7) is 8.32. The second kappa shape index (κ2) is 11.8. The van der Waals surface area contributed by atoms with Crippen molar-refractivity contribution in [2.24, 2.45) is 16.7 Å². The molecule has 1 spiro atoms. The standard InChI is InChI=1S/C36H42N8O6/c1-21(44-11-10-28(39-44)23-6-4-5-7-23)31-38-30(40-50-31)27-17-41(18-36(27)19-42(20-36)33(47)26-13-35(26,2)3)32(46)24-14-37-43(16-24)15-22-8-9-25(34(48)49)29(45)12-22/h8-12,14,16,21,23,26-27,45H,4-7,13,15,17-20H2,1-3H3,(H,48,49)/t21?,26-,27?/m1/s1. The second-order valence-corrected chi connectivity index (χ2v) is 15.5. The van der Waals surface area contributed by atoms with Crippen molar-refractivity contribution in [1.29, 1.82) is 0 Å². The molecule has 8 rings (SSSR count). The molecule has 5 heterocycles. The van der Waals surface area contributed by atoms with Gasteiger partial charge in [0.15, 0.2) is 5.82 Å². The fourth-order valence-corrected chi connectivity index (χ4v) is 8.24. The van der Waals surface area contributed by atoms with E-state index in [1.54, 1.807) is 21.8 Å². The zero-order valence-corrected chi connectivity index (χ0v) is 28.5. The largest absolute Gasteiger partial charge is 0.507 e. The van der Waals surface area contributed by atoms with Crippen LogP contribution in [0, 0.1) is 16.7 Å². The van der Waals surface area contributed by atoms with Gasteiger partial charge >= 0.3 is 5.97 Å². The molecule has 2 amide bonds. The number of aromatic carboxylic acids is 1. The first-order chi connectivity index (χ1) is 23.9. The molecule has 3 atom stereocenters. The molecular weight excluding hydrogens is 640 g/mol. The van der Waals surface area contributed by atoms with Crippen molar-refractivity contribution in [2.75, 3.05) is 26.2 Å². The first kappa shape index (κ1) is 32.2. The van der Waals surface area contributed by atoms with Crippen LogP contribution in [0.3, 0.4) is 0 Å². The van der Waals surface area contributed by atoms with Crippen molar-refractivity contribution < 1.29 is 29.1 Å². The molecule has 50 heavy (non-hydrogen) atoms. The Balaban J connectivity index is 1.00. The number of carbonyl (C=O) groups is 3. The van der Waals surface area contributed by atoms with Gasteiger partial charge in [0.1, 0.15) is 17.4 Å². The number of amides is 2. The van der Waals surface area contributed by atoms with E-state index in [9.17, 15) is 24.6 Å². The summed E-state index contributed by atoms with van der Waals surface area (Å²) in [5.74, 6) is -0.272. The number of aromatic nitrogens is 6. The molecule has 0 radical (unpaired) electrons. The lowest BCUT2D eigenvalue weighted by Crippen LogP contribution is -2.62. The number of carboxylic acid groups (broad SMARTS) is 1. The molecule has 2 aliphatic carbocycles. The van der Waals surface area contributed by atoms with Gasteiger partial charge in [0.2, 0.25) is 5.91 Å². The molecule has 2 saturated carbocycles. The third-order valence-corrected chi connectivity index (χ3v) is 11.5. The highest BCUT2D eigenvalue weighted by Gasteiger charge is 2.61. The first-order valence-electron chi connectivity index (χ1n) is 17.4. The summed E-state index contributed by atoms with van der Waals surface area (Å²) in [5, 5.41) is 33.0. The molecular formula is C36H42N8O6. The van der Waals surface area contributed by atoms with Crippen molar-refractivity contribution >= 4 is 17.8 Å². The van der Waals surface area contributed by atoms with E-state index >= 15 is 0 Å². The zero-order valence-electron chi connectivity index (χ0n) is 28.5. The van der Waals surface area contributed by atoms with Gasteiger partial charge in [0, 0.05) is 55.8 Å².